The number of fused-ring (bicyclic) bond motifs is 1. The summed E-state index contributed by atoms with van der Waals surface area (Å²) < 4.78 is 23.6. The standard InChI is InChI=1S/C10H14N4O3S/c11-7-1-2-9-8(5-7)13-10(6-15)14(9)3-4-18(12,16)17/h1-2,5,15H,3-4,6,11H2,(H2,12,16,17). The number of aliphatic hydroxyl groups excluding tert-OH is 1. The van der Waals surface area contributed by atoms with Gasteiger partial charge in [-0.3, -0.25) is 0 Å². The average molecular weight is 270 g/mol. The molecule has 0 radical (unpaired) electrons. The molecule has 0 aliphatic carbocycles. The molecule has 0 saturated heterocycles. The molecule has 0 aliphatic rings. The number of hydrogen-bond acceptors (Lipinski definition) is 5. The van der Waals surface area contributed by atoms with Crippen LogP contribution in [0.25, 0.3) is 11.0 Å². The number of primary sulfonamides is 1. The van der Waals surface area contributed by atoms with Crippen LogP contribution >= 0.6 is 0 Å². The monoisotopic (exact) mass is 270 g/mol. The van der Waals surface area contributed by atoms with Crippen molar-refractivity contribution >= 4 is 26.7 Å². The van der Waals surface area contributed by atoms with Crippen LogP contribution in [0.1, 0.15) is 5.82 Å². The van der Waals surface area contributed by atoms with Gasteiger partial charge < -0.3 is 15.4 Å². The fourth-order valence-corrected chi connectivity index (χ4v) is 2.22. The van der Waals surface area contributed by atoms with Crippen molar-refractivity contribution in [3.05, 3.63) is 24.0 Å². The number of nitrogens with zero attached hydrogens (tertiary/aromatic N) is 2. The third-order valence-corrected chi connectivity index (χ3v) is 3.34. The summed E-state index contributed by atoms with van der Waals surface area (Å²) in [5.41, 5.74) is 7.54. The number of aryl methyl sites for hydroxylation is 1. The first-order chi connectivity index (χ1) is 8.40. The Labute approximate surface area is 104 Å². The van der Waals surface area contributed by atoms with Crippen LogP contribution in [0.2, 0.25) is 0 Å². The topological polar surface area (TPSA) is 124 Å². The number of rotatable bonds is 4. The first-order valence-electron chi connectivity index (χ1n) is 5.26. The maximum absolute atomic E-state index is 11.0. The van der Waals surface area contributed by atoms with Crippen LogP contribution in [0.15, 0.2) is 18.2 Å². The second kappa shape index (κ2) is 4.56. The highest BCUT2D eigenvalue weighted by molar-refractivity contribution is 7.89. The average Bonchev–Trinajstić information content (AvgIpc) is 2.62. The number of nitrogen functional groups attached to an aromatic ring is 1. The molecule has 0 aliphatic heterocycles. The van der Waals surface area contributed by atoms with Gasteiger partial charge in [0.1, 0.15) is 12.4 Å². The quantitative estimate of drug-likeness (QED) is 0.640. The van der Waals surface area contributed by atoms with Gasteiger partial charge in [-0.25, -0.2) is 18.5 Å². The van der Waals surface area contributed by atoms with Crippen LogP contribution in [-0.4, -0.2) is 28.8 Å². The minimum Gasteiger partial charge on any atom is -0.399 e. The molecule has 1 aromatic carbocycles. The number of hydrogen-bond donors (Lipinski definition) is 3. The Morgan fingerprint density at radius 3 is 2.72 bits per heavy atom. The van der Waals surface area contributed by atoms with E-state index in [0.29, 0.717) is 17.0 Å². The van der Waals surface area contributed by atoms with Gasteiger partial charge in [0.25, 0.3) is 0 Å². The van der Waals surface area contributed by atoms with Crippen LogP contribution in [0.3, 0.4) is 0 Å². The van der Waals surface area contributed by atoms with Gasteiger partial charge in [0, 0.05) is 12.2 Å². The van der Waals surface area contributed by atoms with Gasteiger partial charge >= 0.3 is 0 Å². The predicted molar refractivity (Wildman–Crippen MR) is 68.0 cm³/mol. The van der Waals surface area contributed by atoms with Gasteiger partial charge in [-0.1, -0.05) is 0 Å². The van der Waals surface area contributed by atoms with Gasteiger partial charge in [0.2, 0.25) is 10.0 Å². The molecular formula is C10H14N4O3S. The molecule has 18 heavy (non-hydrogen) atoms. The molecule has 1 aromatic heterocycles. The minimum atomic E-state index is -3.56. The largest absolute Gasteiger partial charge is 0.399 e. The number of anilines is 1. The van der Waals surface area contributed by atoms with Crippen molar-refractivity contribution in [3.8, 4) is 0 Å². The zero-order valence-corrected chi connectivity index (χ0v) is 10.4. The zero-order valence-electron chi connectivity index (χ0n) is 9.57. The Morgan fingerprint density at radius 2 is 2.11 bits per heavy atom. The highest BCUT2D eigenvalue weighted by Crippen LogP contribution is 2.19. The summed E-state index contributed by atoms with van der Waals surface area (Å²) in [6, 6.07) is 5.10. The molecule has 0 amide bonds. The van der Waals surface area contributed by atoms with Crippen LogP contribution in [0.5, 0.6) is 0 Å². The van der Waals surface area contributed by atoms with Crippen molar-refractivity contribution in [3.63, 3.8) is 0 Å². The zero-order chi connectivity index (χ0) is 13.3. The van der Waals surface area contributed by atoms with E-state index in [1.807, 2.05) is 0 Å². The van der Waals surface area contributed by atoms with E-state index in [0.717, 1.165) is 5.52 Å². The summed E-state index contributed by atoms with van der Waals surface area (Å²) in [5.74, 6) is 0.176. The van der Waals surface area contributed by atoms with E-state index in [4.69, 9.17) is 10.9 Å². The van der Waals surface area contributed by atoms with Crippen molar-refractivity contribution in [2.45, 2.75) is 13.2 Å². The van der Waals surface area contributed by atoms with E-state index in [1.54, 1.807) is 22.8 Å². The molecule has 98 valence electrons. The summed E-state index contributed by atoms with van der Waals surface area (Å²) in [5, 5.41) is 14.2. The number of imidazole rings is 1. The van der Waals surface area contributed by atoms with Crippen LogP contribution < -0.4 is 10.9 Å². The summed E-state index contributed by atoms with van der Waals surface area (Å²) in [6.45, 7) is -0.131. The summed E-state index contributed by atoms with van der Waals surface area (Å²) in [6.07, 6.45) is 0. The molecule has 0 atom stereocenters. The maximum Gasteiger partial charge on any atom is 0.210 e. The lowest BCUT2D eigenvalue weighted by molar-refractivity contribution is 0.266. The Morgan fingerprint density at radius 1 is 1.39 bits per heavy atom. The molecular weight excluding hydrogens is 256 g/mol. The summed E-state index contributed by atoms with van der Waals surface area (Å²) in [4.78, 5) is 4.19. The lowest BCUT2D eigenvalue weighted by Crippen LogP contribution is -2.21. The molecule has 0 spiro atoms. The van der Waals surface area contributed by atoms with E-state index in [9.17, 15) is 13.5 Å². The smallest absolute Gasteiger partial charge is 0.210 e. The highest BCUT2D eigenvalue weighted by atomic mass is 32.2. The number of nitrogens with two attached hydrogens (primary N) is 2. The first kappa shape index (κ1) is 12.8. The van der Waals surface area contributed by atoms with E-state index in [-0.39, 0.29) is 18.9 Å². The van der Waals surface area contributed by atoms with Crippen molar-refractivity contribution < 1.29 is 13.5 Å². The first-order valence-corrected chi connectivity index (χ1v) is 6.98. The van der Waals surface area contributed by atoms with Crippen molar-refractivity contribution in [1.82, 2.24) is 9.55 Å². The van der Waals surface area contributed by atoms with Crippen LogP contribution in [0.4, 0.5) is 5.69 Å². The number of aromatic nitrogens is 2. The Kier molecular flexibility index (Phi) is 3.24. The molecule has 0 saturated carbocycles. The van der Waals surface area contributed by atoms with Gasteiger partial charge in [0.05, 0.1) is 16.8 Å². The normalized spacial score (nSPS) is 12.1. The van der Waals surface area contributed by atoms with Gasteiger partial charge in [-0.05, 0) is 18.2 Å². The molecule has 5 N–H and O–H groups in total. The molecule has 0 bridgehead atoms. The Balaban J connectivity index is 2.47. The number of sulfonamides is 1. The summed E-state index contributed by atoms with van der Waals surface area (Å²) in [7, 11) is -3.56. The van der Waals surface area contributed by atoms with E-state index < -0.39 is 10.0 Å². The molecule has 1 heterocycles. The predicted octanol–water partition coefficient (Wildman–Crippen LogP) is -0.601. The van der Waals surface area contributed by atoms with Gasteiger partial charge in [-0.2, -0.15) is 0 Å². The molecule has 2 rings (SSSR count). The van der Waals surface area contributed by atoms with E-state index in [1.165, 1.54) is 0 Å². The summed E-state index contributed by atoms with van der Waals surface area (Å²) >= 11 is 0. The fourth-order valence-electron chi connectivity index (χ4n) is 1.79. The van der Waals surface area contributed by atoms with Crippen LogP contribution in [0, 0.1) is 0 Å². The third kappa shape index (κ3) is 2.61. The molecule has 0 fully saturated rings. The van der Waals surface area contributed by atoms with Gasteiger partial charge in [-0.15, -0.1) is 0 Å². The lowest BCUT2D eigenvalue weighted by atomic mass is 10.3. The minimum absolute atomic E-state index is 0.148. The molecule has 7 nitrogen and oxygen atoms in total. The molecule has 8 heteroatoms. The van der Waals surface area contributed by atoms with Crippen molar-refractivity contribution in [1.29, 1.82) is 0 Å². The molecule has 0 unspecified atom stereocenters. The number of benzene rings is 1. The van der Waals surface area contributed by atoms with Crippen molar-refractivity contribution in [2.75, 3.05) is 11.5 Å². The maximum atomic E-state index is 11.0. The van der Waals surface area contributed by atoms with E-state index >= 15 is 0 Å². The lowest BCUT2D eigenvalue weighted by Gasteiger charge is -2.06. The van der Waals surface area contributed by atoms with E-state index in [2.05, 4.69) is 4.98 Å². The Hall–Kier alpha value is -1.64. The van der Waals surface area contributed by atoms with Crippen molar-refractivity contribution in [2.24, 2.45) is 5.14 Å². The van der Waals surface area contributed by atoms with Gasteiger partial charge in [0.15, 0.2) is 0 Å². The second-order valence-electron chi connectivity index (χ2n) is 3.95. The SMILES string of the molecule is Nc1ccc2c(c1)nc(CO)n2CCS(N)(=O)=O. The second-order valence-corrected chi connectivity index (χ2v) is 5.69. The third-order valence-electron chi connectivity index (χ3n) is 2.59. The van der Waals surface area contributed by atoms with Crippen LogP contribution in [-0.2, 0) is 23.2 Å². The molecule has 2 aromatic rings. The highest BCUT2D eigenvalue weighted by Gasteiger charge is 2.12. The fraction of sp³-hybridized carbons (Fsp3) is 0.300. The Bertz CT molecular complexity index is 678. The number of aliphatic hydroxyl groups is 1.